The maximum absolute atomic E-state index is 12.1. The Morgan fingerprint density at radius 3 is 2.71 bits per heavy atom. The number of hydrogen-bond donors (Lipinski definition) is 2. The van der Waals surface area contributed by atoms with Gasteiger partial charge in [-0.15, -0.1) is 11.8 Å². The summed E-state index contributed by atoms with van der Waals surface area (Å²) >= 11 is 1.46. The zero-order valence-electron chi connectivity index (χ0n) is 12.9. The van der Waals surface area contributed by atoms with Crippen molar-refractivity contribution in [2.75, 3.05) is 5.32 Å². The molecule has 5 heteroatoms. The van der Waals surface area contributed by atoms with Crippen LogP contribution in [0.3, 0.4) is 0 Å². The maximum atomic E-state index is 12.1. The van der Waals surface area contributed by atoms with Crippen molar-refractivity contribution >= 4 is 29.3 Å². The molecule has 0 saturated carbocycles. The normalized spacial score (nSPS) is 19.4. The third kappa shape index (κ3) is 4.00. The van der Waals surface area contributed by atoms with Crippen molar-refractivity contribution in [2.24, 2.45) is 5.41 Å². The van der Waals surface area contributed by atoms with Crippen LogP contribution < -0.4 is 10.6 Å². The van der Waals surface area contributed by atoms with Gasteiger partial charge in [-0.1, -0.05) is 32.9 Å². The van der Waals surface area contributed by atoms with Crippen molar-refractivity contribution in [1.29, 1.82) is 0 Å². The fourth-order valence-corrected chi connectivity index (χ4v) is 3.02. The van der Waals surface area contributed by atoms with E-state index in [9.17, 15) is 9.59 Å². The highest BCUT2D eigenvalue weighted by molar-refractivity contribution is 8.01. The number of fused-ring (bicyclic) bond motifs is 1. The molecule has 4 nitrogen and oxygen atoms in total. The first-order chi connectivity index (χ1) is 9.77. The Labute approximate surface area is 130 Å². The zero-order valence-corrected chi connectivity index (χ0v) is 13.7. The third-order valence-electron chi connectivity index (χ3n) is 3.75. The van der Waals surface area contributed by atoms with Crippen LogP contribution >= 0.6 is 11.8 Å². The lowest BCUT2D eigenvalue weighted by atomic mass is 9.88. The van der Waals surface area contributed by atoms with Crippen molar-refractivity contribution in [2.45, 2.75) is 50.3 Å². The molecule has 1 heterocycles. The Balaban J connectivity index is 1.98. The molecule has 0 aliphatic carbocycles. The molecule has 2 N–H and O–H groups in total. The minimum atomic E-state index is -0.368. The molecule has 0 bridgehead atoms. The first-order valence-corrected chi connectivity index (χ1v) is 8.01. The molecule has 21 heavy (non-hydrogen) atoms. The molecule has 0 aromatic heterocycles. The van der Waals surface area contributed by atoms with Crippen LogP contribution in [0, 0.1) is 5.41 Å². The zero-order chi connectivity index (χ0) is 15.6. The number of para-hydroxylation sites is 1. The van der Waals surface area contributed by atoms with Crippen LogP contribution in [0.25, 0.3) is 0 Å². The van der Waals surface area contributed by atoms with E-state index in [0.717, 1.165) is 10.6 Å². The average molecular weight is 306 g/mol. The molecule has 0 unspecified atom stereocenters. The van der Waals surface area contributed by atoms with Crippen LogP contribution in [0.2, 0.25) is 0 Å². The second-order valence-electron chi connectivity index (χ2n) is 6.45. The molecule has 0 radical (unpaired) electrons. The van der Waals surface area contributed by atoms with Crippen molar-refractivity contribution in [3.8, 4) is 0 Å². The van der Waals surface area contributed by atoms with Crippen LogP contribution in [0.15, 0.2) is 29.2 Å². The molecule has 1 aromatic rings. The van der Waals surface area contributed by atoms with Gasteiger partial charge in [-0.05, 0) is 24.5 Å². The minimum Gasteiger partial charge on any atom is -0.353 e. The highest BCUT2D eigenvalue weighted by atomic mass is 32.2. The molecule has 0 spiro atoms. The van der Waals surface area contributed by atoms with Gasteiger partial charge in [-0.2, -0.15) is 0 Å². The van der Waals surface area contributed by atoms with E-state index in [0.29, 0.717) is 0 Å². The first kappa shape index (κ1) is 15.9. The highest BCUT2D eigenvalue weighted by Gasteiger charge is 2.30. The number of anilines is 1. The summed E-state index contributed by atoms with van der Waals surface area (Å²) < 4.78 is 0. The van der Waals surface area contributed by atoms with Crippen LogP contribution in [0.5, 0.6) is 0 Å². The lowest BCUT2D eigenvalue weighted by Gasteiger charge is -2.29. The predicted molar refractivity (Wildman–Crippen MR) is 86.4 cm³/mol. The number of amides is 2. The summed E-state index contributed by atoms with van der Waals surface area (Å²) in [5.74, 6) is -0.179. The van der Waals surface area contributed by atoms with Gasteiger partial charge in [-0.3, -0.25) is 9.59 Å². The van der Waals surface area contributed by atoms with E-state index in [1.807, 2.05) is 31.2 Å². The van der Waals surface area contributed by atoms with Gasteiger partial charge in [0, 0.05) is 17.4 Å². The molecule has 2 rings (SSSR count). The quantitative estimate of drug-likeness (QED) is 0.902. The summed E-state index contributed by atoms with van der Waals surface area (Å²) in [6, 6.07) is 7.72. The maximum Gasteiger partial charge on any atom is 0.238 e. The van der Waals surface area contributed by atoms with Crippen molar-refractivity contribution in [3.05, 3.63) is 24.3 Å². The molecule has 2 atom stereocenters. The summed E-state index contributed by atoms with van der Waals surface area (Å²) in [5, 5.41) is 5.47. The van der Waals surface area contributed by atoms with E-state index < -0.39 is 0 Å². The van der Waals surface area contributed by atoms with Gasteiger partial charge in [0.2, 0.25) is 11.8 Å². The van der Waals surface area contributed by atoms with E-state index in [-0.39, 0.29) is 34.9 Å². The number of carbonyl (C=O) groups excluding carboxylic acids is 2. The highest BCUT2D eigenvalue weighted by Crippen LogP contribution is 2.36. The van der Waals surface area contributed by atoms with E-state index in [1.54, 1.807) is 0 Å². The molecule has 1 aliphatic heterocycles. The standard InChI is InChI=1S/C16H22N2O2S/c1-10(16(2,3)4)17-14(19)9-13-15(20)18-11-7-5-6-8-12(11)21-13/h5-8,10,13H,9H2,1-4H3,(H,17,19)(H,18,20)/t10-,13+/m0/s1. The topological polar surface area (TPSA) is 58.2 Å². The van der Waals surface area contributed by atoms with Crippen LogP contribution in [0.4, 0.5) is 5.69 Å². The number of benzene rings is 1. The number of rotatable bonds is 3. The Hall–Kier alpha value is -1.49. The second kappa shape index (κ2) is 6.10. The van der Waals surface area contributed by atoms with Crippen molar-refractivity contribution in [3.63, 3.8) is 0 Å². The molecular weight excluding hydrogens is 284 g/mol. The molecule has 0 saturated heterocycles. The van der Waals surface area contributed by atoms with E-state index in [2.05, 4.69) is 31.4 Å². The smallest absolute Gasteiger partial charge is 0.238 e. The molecular formula is C16H22N2O2S. The molecule has 2 amide bonds. The van der Waals surface area contributed by atoms with Crippen molar-refractivity contribution in [1.82, 2.24) is 5.32 Å². The summed E-state index contributed by atoms with van der Waals surface area (Å²) in [7, 11) is 0. The number of hydrogen-bond acceptors (Lipinski definition) is 3. The summed E-state index contributed by atoms with van der Waals surface area (Å²) in [6.45, 7) is 8.23. The fourth-order valence-electron chi connectivity index (χ4n) is 1.91. The average Bonchev–Trinajstić information content (AvgIpc) is 2.38. The summed E-state index contributed by atoms with van der Waals surface area (Å²) in [5.41, 5.74) is 0.830. The van der Waals surface area contributed by atoms with Crippen LogP contribution in [-0.4, -0.2) is 23.1 Å². The summed E-state index contributed by atoms with van der Waals surface area (Å²) in [6.07, 6.45) is 0.200. The van der Waals surface area contributed by atoms with E-state index >= 15 is 0 Å². The van der Waals surface area contributed by atoms with Gasteiger partial charge in [0.05, 0.1) is 10.9 Å². The Bertz CT molecular complexity index is 551. The SMILES string of the molecule is C[C@H](NC(=O)C[C@H]1Sc2ccccc2NC1=O)C(C)(C)C. The van der Waals surface area contributed by atoms with E-state index in [1.165, 1.54) is 11.8 Å². The number of thioether (sulfide) groups is 1. The number of carbonyl (C=O) groups is 2. The molecule has 1 aliphatic rings. The minimum absolute atomic E-state index is 0.00419. The Morgan fingerprint density at radius 1 is 1.38 bits per heavy atom. The predicted octanol–water partition coefficient (Wildman–Crippen LogP) is 3.04. The third-order valence-corrected chi connectivity index (χ3v) is 5.03. The first-order valence-electron chi connectivity index (χ1n) is 7.13. The lowest BCUT2D eigenvalue weighted by Crippen LogP contribution is -2.43. The van der Waals surface area contributed by atoms with Gasteiger partial charge in [0.1, 0.15) is 0 Å². The summed E-state index contributed by atoms with van der Waals surface area (Å²) in [4.78, 5) is 25.2. The fraction of sp³-hybridized carbons (Fsp3) is 0.500. The van der Waals surface area contributed by atoms with Gasteiger partial charge in [0.25, 0.3) is 0 Å². The van der Waals surface area contributed by atoms with Crippen LogP contribution in [0.1, 0.15) is 34.1 Å². The van der Waals surface area contributed by atoms with Gasteiger partial charge < -0.3 is 10.6 Å². The van der Waals surface area contributed by atoms with Gasteiger partial charge in [0.15, 0.2) is 0 Å². The number of nitrogens with one attached hydrogen (secondary N) is 2. The molecule has 0 fully saturated rings. The molecule has 1 aromatic carbocycles. The van der Waals surface area contributed by atoms with Crippen molar-refractivity contribution < 1.29 is 9.59 Å². The largest absolute Gasteiger partial charge is 0.353 e. The molecule has 114 valence electrons. The Kier molecular flexibility index (Phi) is 4.61. The lowest BCUT2D eigenvalue weighted by molar-refractivity contribution is -0.125. The van der Waals surface area contributed by atoms with E-state index in [4.69, 9.17) is 0 Å². The Morgan fingerprint density at radius 2 is 2.05 bits per heavy atom. The van der Waals surface area contributed by atoms with Gasteiger partial charge in [-0.25, -0.2) is 0 Å². The second-order valence-corrected chi connectivity index (χ2v) is 7.70. The monoisotopic (exact) mass is 306 g/mol. The van der Waals surface area contributed by atoms with Crippen LogP contribution in [-0.2, 0) is 9.59 Å². The van der Waals surface area contributed by atoms with Gasteiger partial charge >= 0.3 is 0 Å².